The van der Waals surface area contributed by atoms with Crippen LogP contribution < -0.4 is 5.32 Å². The van der Waals surface area contributed by atoms with Crippen LogP contribution in [-0.2, 0) is 11.0 Å². The molecule has 1 saturated heterocycles. The number of amides is 1. The predicted molar refractivity (Wildman–Crippen MR) is 109 cm³/mol. The Balaban J connectivity index is 1.66. The minimum Gasteiger partial charge on any atom is -0.361 e. The summed E-state index contributed by atoms with van der Waals surface area (Å²) in [4.78, 5) is 13.1. The number of nitrogens with one attached hydrogen (secondary N) is 1. The van der Waals surface area contributed by atoms with Crippen molar-refractivity contribution >= 4 is 22.5 Å². The zero-order valence-electron chi connectivity index (χ0n) is 16.2. The van der Waals surface area contributed by atoms with Crippen molar-refractivity contribution in [3.05, 3.63) is 66.7 Å². The van der Waals surface area contributed by atoms with Crippen molar-refractivity contribution in [3.63, 3.8) is 0 Å². The summed E-state index contributed by atoms with van der Waals surface area (Å²) in [5, 5.41) is 12.7. The molecule has 2 heterocycles. The molecule has 1 aliphatic heterocycles. The molecule has 9 heteroatoms. The highest BCUT2D eigenvalue weighted by atomic mass is 19.4. The number of carbonyl (C=O) groups is 1. The van der Waals surface area contributed by atoms with Crippen molar-refractivity contribution in [3.8, 4) is 11.3 Å². The first kappa shape index (κ1) is 20.8. The van der Waals surface area contributed by atoms with Crippen molar-refractivity contribution in [1.29, 1.82) is 0 Å². The van der Waals surface area contributed by atoms with Gasteiger partial charge in [-0.3, -0.25) is 4.79 Å². The number of rotatable bonds is 4. The minimum atomic E-state index is -4.43. The Bertz CT molecular complexity index is 1130. The smallest absolute Gasteiger partial charge is 0.361 e. The van der Waals surface area contributed by atoms with Crippen molar-refractivity contribution in [2.24, 2.45) is 0 Å². The molecule has 1 fully saturated rings. The van der Waals surface area contributed by atoms with Crippen LogP contribution in [0.3, 0.4) is 0 Å². The number of likely N-dealkylation sites (tertiary alicyclic amines) is 1. The topological polar surface area (TPSA) is 58.1 Å². The van der Waals surface area contributed by atoms with Gasteiger partial charge in [0, 0.05) is 22.9 Å². The van der Waals surface area contributed by atoms with Crippen LogP contribution in [0.5, 0.6) is 0 Å². The lowest BCUT2D eigenvalue weighted by Gasteiger charge is -2.17. The molecule has 5 nitrogen and oxygen atoms in total. The Hall–Kier alpha value is -3.49. The average molecular weight is 430 g/mol. The summed E-state index contributed by atoms with van der Waals surface area (Å²) in [6, 6.07) is 11.1. The summed E-state index contributed by atoms with van der Waals surface area (Å²) in [5.74, 6) is -0.00708. The van der Waals surface area contributed by atoms with Gasteiger partial charge >= 0.3 is 6.18 Å². The van der Waals surface area contributed by atoms with Gasteiger partial charge in [-0.05, 0) is 18.2 Å². The number of aromatic nitrogens is 2. The highest BCUT2D eigenvalue weighted by Crippen LogP contribution is 2.34. The average Bonchev–Trinajstić information content (AvgIpc) is 3.13. The van der Waals surface area contributed by atoms with Gasteiger partial charge < -0.3 is 10.2 Å². The van der Waals surface area contributed by atoms with Gasteiger partial charge in [-0.2, -0.15) is 13.2 Å². The fraction of sp³-hybridized carbons (Fsp3) is 0.227. The lowest BCUT2D eigenvalue weighted by Crippen LogP contribution is -2.31. The second kappa shape index (κ2) is 7.98. The molecule has 31 heavy (non-hydrogen) atoms. The van der Waals surface area contributed by atoms with Crippen LogP contribution in [0.15, 0.2) is 61.2 Å². The maximum atomic E-state index is 14.5. The van der Waals surface area contributed by atoms with Gasteiger partial charge in [-0.25, -0.2) is 4.39 Å². The second-order valence-corrected chi connectivity index (χ2v) is 7.23. The molecule has 0 radical (unpaired) electrons. The Kier molecular flexibility index (Phi) is 5.34. The van der Waals surface area contributed by atoms with Crippen LogP contribution in [-0.4, -0.2) is 46.3 Å². The third kappa shape index (κ3) is 4.08. The van der Waals surface area contributed by atoms with Gasteiger partial charge in [-0.15, -0.1) is 10.2 Å². The summed E-state index contributed by atoms with van der Waals surface area (Å²) in [6.07, 6.45) is -4.58. The molecule has 4 rings (SSSR count). The van der Waals surface area contributed by atoms with Gasteiger partial charge in [-0.1, -0.05) is 43.0 Å². The quantitative estimate of drug-likeness (QED) is 0.491. The summed E-state index contributed by atoms with van der Waals surface area (Å²) in [5.41, 5.74) is 0.150. The molecule has 1 amide bonds. The highest BCUT2D eigenvalue weighted by Gasteiger charge is 2.35. The highest BCUT2D eigenvalue weighted by molar-refractivity contribution is 6.00. The summed E-state index contributed by atoms with van der Waals surface area (Å²) >= 11 is 0. The first-order valence-electron chi connectivity index (χ1n) is 9.53. The third-order valence-corrected chi connectivity index (χ3v) is 5.23. The number of halogens is 4. The van der Waals surface area contributed by atoms with Gasteiger partial charge in [0.1, 0.15) is 11.9 Å². The minimum absolute atomic E-state index is 0.0441. The molecule has 1 N–H and O–H groups in total. The van der Waals surface area contributed by atoms with E-state index in [1.54, 1.807) is 24.3 Å². The lowest BCUT2D eigenvalue weighted by molar-refractivity contribution is -0.137. The zero-order valence-corrected chi connectivity index (χ0v) is 16.2. The molecule has 2 atom stereocenters. The van der Waals surface area contributed by atoms with Gasteiger partial charge in [0.15, 0.2) is 5.82 Å². The number of benzene rings is 2. The number of fused-ring (bicyclic) bond motifs is 1. The second-order valence-electron chi connectivity index (χ2n) is 7.23. The van der Waals surface area contributed by atoms with E-state index in [9.17, 15) is 22.4 Å². The zero-order chi connectivity index (χ0) is 22.2. The molecule has 1 aromatic heterocycles. The normalized spacial score (nSPS) is 18.9. The van der Waals surface area contributed by atoms with E-state index in [-0.39, 0.29) is 19.0 Å². The van der Waals surface area contributed by atoms with Gasteiger partial charge in [0.05, 0.1) is 18.2 Å². The number of anilines is 1. The summed E-state index contributed by atoms with van der Waals surface area (Å²) < 4.78 is 53.0. The van der Waals surface area contributed by atoms with Crippen LogP contribution in [0.2, 0.25) is 0 Å². The number of hydrogen-bond donors (Lipinski definition) is 1. The van der Waals surface area contributed by atoms with Crippen molar-refractivity contribution in [2.75, 3.05) is 18.4 Å². The van der Waals surface area contributed by atoms with E-state index in [0.717, 1.165) is 18.2 Å². The number of nitrogens with zero attached hydrogens (tertiary/aromatic N) is 3. The molecular formula is C22H18F4N4O. The molecule has 0 spiro atoms. The molecule has 0 aliphatic carbocycles. The summed E-state index contributed by atoms with van der Waals surface area (Å²) in [6.45, 7) is 3.53. The van der Waals surface area contributed by atoms with E-state index in [0.29, 0.717) is 27.8 Å². The van der Waals surface area contributed by atoms with Crippen molar-refractivity contribution in [1.82, 2.24) is 15.1 Å². The fourth-order valence-corrected chi connectivity index (χ4v) is 3.63. The Morgan fingerprint density at radius 1 is 1.06 bits per heavy atom. The number of alkyl halides is 4. The van der Waals surface area contributed by atoms with Gasteiger partial charge in [0.25, 0.3) is 0 Å². The fourth-order valence-electron chi connectivity index (χ4n) is 3.63. The molecule has 1 aliphatic rings. The van der Waals surface area contributed by atoms with Crippen molar-refractivity contribution in [2.45, 2.75) is 18.4 Å². The van der Waals surface area contributed by atoms with Crippen LogP contribution >= 0.6 is 0 Å². The maximum Gasteiger partial charge on any atom is 0.416 e. The molecule has 0 saturated carbocycles. The monoisotopic (exact) mass is 430 g/mol. The maximum absolute atomic E-state index is 14.5. The van der Waals surface area contributed by atoms with E-state index < -0.39 is 24.0 Å². The first-order valence-corrected chi connectivity index (χ1v) is 9.53. The third-order valence-electron chi connectivity index (χ3n) is 5.23. The van der Waals surface area contributed by atoms with E-state index >= 15 is 0 Å². The Labute approximate surface area is 175 Å². The van der Waals surface area contributed by atoms with Crippen molar-refractivity contribution < 1.29 is 22.4 Å². The van der Waals surface area contributed by atoms with E-state index in [4.69, 9.17) is 0 Å². The van der Waals surface area contributed by atoms with E-state index in [1.807, 2.05) is 0 Å². The van der Waals surface area contributed by atoms with Crippen LogP contribution in [0.1, 0.15) is 5.56 Å². The van der Waals surface area contributed by atoms with Crippen LogP contribution in [0.25, 0.3) is 22.0 Å². The standard InChI is InChI=1S/C22H18F4N4O/c1-2-19(31)30-11-17(23)18(12-30)27-21-16-6-4-3-5-15(16)20(28-29-21)13-7-9-14(10-8-13)22(24,25)26/h2-10,17-18H,1,11-12H2,(H,27,29)/t17-,18-/m1/s1. The first-order chi connectivity index (χ1) is 14.8. The molecule has 160 valence electrons. The largest absolute Gasteiger partial charge is 0.416 e. The predicted octanol–water partition coefficient (Wildman–Crippen LogP) is 4.46. The van der Waals surface area contributed by atoms with Gasteiger partial charge in [0.2, 0.25) is 5.91 Å². The lowest BCUT2D eigenvalue weighted by atomic mass is 10.0. The Morgan fingerprint density at radius 2 is 1.74 bits per heavy atom. The molecule has 0 unspecified atom stereocenters. The molecule has 3 aromatic rings. The van der Waals surface area contributed by atoms with Crippen LogP contribution in [0.4, 0.5) is 23.4 Å². The SMILES string of the molecule is C=CC(=O)N1C[C@@H](F)[C@H](Nc2nnc(-c3ccc(C(F)(F)F)cc3)c3ccccc23)C1. The summed E-state index contributed by atoms with van der Waals surface area (Å²) in [7, 11) is 0. The number of carbonyl (C=O) groups excluding carboxylic acids is 1. The van der Waals surface area contributed by atoms with E-state index in [2.05, 4.69) is 22.1 Å². The molecule has 0 bridgehead atoms. The number of hydrogen-bond acceptors (Lipinski definition) is 4. The molecular weight excluding hydrogens is 412 g/mol. The molecule has 2 aromatic carbocycles. The Morgan fingerprint density at radius 3 is 2.39 bits per heavy atom. The van der Waals surface area contributed by atoms with E-state index in [1.165, 1.54) is 17.0 Å². The van der Waals surface area contributed by atoms with Crippen LogP contribution in [0, 0.1) is 0 Å².